The highest BCUT2D eigenvalue weighted by Crippen LogP contribution is 2.33. The molecule has 0 aliphatic rings. The van der Waals surface area contributed by atoms with Crippen molar-refractivity contribution < 1.29 is 13.5 Å². The molecule has 1 atom stereocenters. The Hall–Kier alpha value is -1.65. The maximum atomic E-state index is 14.3. The first-order valence-electron chi connectivity index (χ1n) is 6.44. The van der Waals surface area contributed by atoms with E-state index in [1.165, 1.54) is 19.2 Å². The van der Waals surface area contributed by atoms with Gasteiger partial charge in [0, 0.05) is 22.7 Å². The van der Waals surface area contributed by atoms with Gasteiger partial charge in [-0.3, -0.25) is 0 Å². The number of benzene rings is 2. The fraction of sp³-hybridized carbons (Fsp3) is 0.250. The van der Waals surface area contributed by atoms with Crippen LogP contribution in [0.3, 0.4) is 0 Å². The average molecular weight is 312 g/mol. The number of methoxy groups -OCH3 is 1. The first-order chi connectivity index (χ1) is 9.99. The predicted octanol–water partition coefficient (Wildman–Crippen LogP) is 4.24. The largest absolute Gasteiger partial charge is 0.497 e. The molecule has 2 aromatic rings. The molecule has 0 amide bonds. The van der Waals surface area contributed by atoms with Gasteiger partial charge in [-0.05, 0) is 31.2 Å². The zero-order chi connectivity index (χ0) is 15.6. The number of halogens is 3. The topological polar surface area (TPSA) is 21.3 Å². The summed E-state index contributed by atoms with van der Waals surface area (Å²) in [6, 6.07) is 7.01. The van der Waals surface area contributed by atoms with Crippen molar-refractivity contribution >= 4 is 11.6 Å². The van der Waals surface area contributed by atoms with Crippen molar-refractivity contribution in [2.24, 2.45) is 0 Å². The molecule has 112 valence electrons. The maximum absolute atomic E-state index is 14.3. The van der Waals surface area contributed by atoms with Gasteiger partial charge in [-0.1, -0.05) is 23.7 Å². The lowest BCUT2D eigenvalue weighted by Crippen LogP contribution is -2.21. The highest BCUT2D eigenvalue weighted by atomic mass is 35.5. The van der Waals surface area contributed by atoms with Crippen LogP contribution in [0.2, 0.25) is 5.02 Å². The van der Waals surface area contributed by atoms with Crippen LogP contribution in [0, 0.1) is 18.6 Å². The highest BCUT2D eigenvalue weighted by molar-refractivity contribution is 6.31. The Morgan fingerprint density at radius 2 is 1.81 bits per heavy atom. The van der Waals surface area contributed by atoms with Crippen molar-refractivity contribution in [2.45, 2.75) is 13.0 Å². The quantitative estimate of drug-likeness (QED) is 0.911. The minimum Gasteiger partial charge on any atom is -0.497 e. The Morgan fingerprint density at radius 3 is 2.33 bits per heavy atom. The zero-order valence-electron chi connectivity index (χ0n) is 12.0. The van der Waals surface area contributed by atoms with Crippen molar-refractivity contribution in [1.82, 2.24) is 5.32 Å². The summed E-state index contributed by atoms with van der Waals surface area (Å²) in [5.74, 6) is -1.18. The average Bonchev–Trinajstić information content (AvgIpc) is 2.46. The van der Waals surface area contributed by atoms with Crippen molar-refractivity contribution in [2.75, 3.05) is 14.2 Å². The lowest BCUT2D eigenvalue weighted by Gasteiger charge is -2.21. The molecular formula is C16H16ClF2NO. The Kier molecular flexibility index (Phi) is 4.80. The second kappa shape index (κ2) is 6.41. The summed E-state index contributed by atoms with van der Waals surface area (Å²) in [6.45, 7) is 1.82. The standard InChI is InChI=1S/C16H16ClF2NO/c1-9-11(5-4-6-12(9)17)16(20-2)15-13(18)7-10(21-3)8-14(15)19/h4-8,16,20H,1-3H3. The number of ether oxygens (including phenoxy) is 1. The van der Waals surface area contributed by atoms with E-state index in [0.29, 0.717) is 5.02 Å². The first-order valence-corrected chi connectivity index (χ1v) is 6.82. The third-order valence-corrected chi connectivity index (χ3v) is 3.90. The lowest BCUT2D eigenvalue weighted by atomic mass is 9.94. The predicted molar refractivity (Wildman–Crippen MR) is 80.0 cm³/mol. The fourth-order valence-electron chi connectivity index (χ4n) is 2.35. The monoisotopic (exact) mass is 311 g/mol. The van der Waals surface area contributed by atoms with Crippen molar-refractivity contribution in [3.63, 3.8) is 0 Å². The van der Waals surface area contributed by atoms with E-state index < -0.39 is 17.7 Å². The molecule has 0 spiro atoms. The number of rotatable bonds is 4. The normalized spacial score (nSPS) is 12.3. The Balaban J connectivity index is 2.59. The second-order valence-corrected chi connectivity index (χ2v) is 5.09. The van der Waals surface area contributed by atoms with Crippen LogP contribution >= 0.6 is 11.6 Å². The SMILES string of the molecule is CNC(c1cccc(Cl)c1C)c1c(F)cc(OC)cc1F. The van der Waals surface area contributed by atoms with Gasteiger partial charge in [0.05, 0.1) is 13.2 Å². The van der Waals surface area contributed by atoms with Gasteiger partial charge in [-0.2, -0.15) is 0 Å². The molecular weight excluding hydrogens is 296 g/mol. The molecule has 21 heavy (non-hydrogen) atoms. The summed E-state index contributed by atoms with van der Waals surface area (Å²) < 4.78 is 33.4. The first kappa shape index (κ1) is 15.7. The van der Waals surface area contributed by atoms with Gasteiger partial charge in [0.25, 0.3) is 0 Å². The Morgan fingerprint density at radius 1 is 1.19 bits per heavy atom. The fourth-order valence-corrected chi connectivity index (χ4v) is 2.53. The van der Waals surface area contributed by atoms with Crippen LogP contribution in [0.15, 0.2) is 30.3 Å². The van der Waals surface area contributed by atoms with Gasteiger partial charge < -0.3 is 10.1 Å². The smallest absolute Gasteiger partial charge is 0.134 e. The summed E-state index contributed by atoms with van der Waals surface area (Å²) in [6.07, 6.45) is 0. The summed E-state index contributed by atoms with van der Waals surface area (Å²) in [7, 11) is 3.01. The maximum Gasteiger partial charge on any atom is 0.134 e. The molecule has 0 radical (unpaired) electrons. The van der Waals surface area contributed by atoms with E-state index in [0.717, 1.165) is 11.1 Å². The van der Waals surface area contributed by atoms with Gasteiger partial charge in [0.15, 0.2) is 0 Å². The molecule has 0 bridgehead atoms. The van der Waals surface area contributed by atoms with Gasteiger partial charge >= 0.3 is 0 Å². The van der Waals surface area contributed by atoms with E-state index in [2.05, 4.69) is 5.32 Å². The number of hydrogen-bond acceptors (Lipinski definition) is 2. The van der Waals surface area contributed by atoms with Gasteiger partial charge in [-0.15, -0.1) is 0 Å². The molecule has 0 aliphatic heterocycles. The molecule has 0 aliphatic carbocycles. The highest BCUT2D eigenvalue weighted by Gasteiger charge is 2.23. The van der Waals surface area contributed by atoms with E-state index in [1.807, 2.05) is 6.92 Å². The third kappa shape index (κ3) is 3.01. The van der Waals surface area contributed by atoms with E-state index >= 15 is 0 Å². The van der Waals surface area contributed by atoms with E-state index in [1.54, 1.807) is 25.2 Å². The number of hydrogen-bond donors (Lipinski definition) is 1. The minimum atomic E-state index is -0.662. The molecule has 2 rings (SSSR count). The van der Waals surface area contributed by atoms with Crippen LogP contribution in [-0.4, -0.2) is 14.2 Å². The van der Waals surface area contributed by atoms with Crippen LogP contribution in [-0.2, 0) is 0 Å². The summed E-state index contributed by atoms with van der Waals surface area (Å²) in [5.41, 5.74) is 1.46. The van der Waals surface area contributed by atoms with Gasteiger partial charge in [0.1, 0.15) is 17.4 Å². The van der Waals surface area contributed by atoms with E-state index in [-0.39, 0.29) is 11.3 Å². The molecule has 0 saturated carbocycles. The lowest BCUT2D eigenvalue weighted by molar-refractivity contribution is 0.403. The molecule has 5 heteroatoms. The molecule has 0 heterocycles. The third-order valence-electron chi connectivity index (χ3n) is 3.49. The minimum absolute atomic E-state index is 0.0522. The van der Waals surface area contributed by atoms with Crippen LogP contribution in [0.25, 0.3) is 0 Å². The Bertz CT molecular complexity index is 638. The van der Waals surface area contributed by atoms with Crippen molar-refractivity contribution in [3.05, 3.63) is 63.7 Å². The van der Waals surface area contributed by atoms with Gasteiger partial charge in [0.2, 0.25) is 0 Å². The van der Waals surface area contributed by atoms with Crippen LogP contribution in [0.1, 0.15) is 22.7 Å². The van der Waals surface area contributed by atoms with E-state index in [9.17, 15) is 8.78 Å². The Labute approximate surface area is 127 Å². The number of nitrogens with one attached hydrogen (secondary N) is 1. The molecule has 1 unspecified atom stereocenters. The molecule has 0 saturated heterocycles. The van der Waals surface area contributed by atoms with Crippen molar-refractivity contribution in [3.8, 4) is 5.75 Å². The summed E-state index contributed by atoms with van der Waals surface area (Å²) in [5, 5.41) is 3.50. The van der Waals surface area contributed by atoms with Crippen LogP contribution in [0.4, 0.5) is 8.78 Å². The molecule has 2 nitrogen and oxygen atoms in total. The summed E-state index contributed by atoms with van der Waals surface area (Å²) >= 11 is 6.09. The van der Waals surface area contributed by atoms with E-state index in [4.69, 9.17) is 16.3 Å². The van der Waals surface area contributed by atoms with Crippen LogP contribution < -0.4 is 10.1 Å². The zero-order valence-corrected chi connectivity index (χ0v) is 12.8. The molecule has 1 N–H and O–H groups in total. The van der Waals surface area contributed by atoms with Crippen LogP contribution in [0.5, 0.6) is 5.75 Å². The molecule has 2 aromatic carbocycles. The second-order valence-electron chi connectivity index (χ2n) is 4.68. The summed E-state index contributed by atoms with van der Waals surface area (Å²) in [4.78, 5) is 0. The molecule has 0 aromatic heterocycles. The van der Waals surface area contributed by atoms with Crippen molar-refractivity contribution in [1.29, 1.82) is 0 Å². The van der Waals surface area contributed by atoms with Gasteiger partial charge in [-0.25, -0.2) is 8.78 Å². The molecule has 0 fully saturated rings.